The van der Waals surface area contributed by atoms with E-state index in [0.717, 1.165) is 5.52 Å². The third-order valence-corrected chi connectivity index (χ3v) is 2.99. The molecule has 0 saturated carbocycles. The van der Waals surface area contributed by atoms with Crippen LogP contribution in [0.3, 0.4) is 0 Å². The smallest absolute Gasteiger partial charge is 0.326 e. The van der Waals surface area contributed by atoms with Crippen LogP contribution in [0, 0.1) is 0 Å². The molecule has 0 aliphatic heterocycles. The lowest BCUT2D eigenvalue weighted by atomic mass is 10.3. The van der Waals surface area contributed by atoms with Crippen molar-refractivity contribution < 1.29 is 14.3 Å². The average Bonchev–Trinajstić information content (AvgIpc) is 2.77. The maximum Gasteiger partial charge on any atom is 0.326 e. The molecule has 6 heteroatoms. The number of carbonyl (C=O) groups excluding carboxylic acids is 1. The van der Waals surface area contributed by atoms with Crippen LogP contribution in [-0.2, 0) is 22.0 Å². The van der Waals surface area contributed by atoms with Gasteiger partial charge in [0, 0.05) is 0 Å². The lowest BCUT2D eigenvalue weighted by Crippen LogP contribution is -2.15. The molecule has 0 amide bonds. The van der Waals surface area contributed by atoms with E-state index < -0.39 is 0 Å². The maximum atomic E-state index is 11.6. The minimum Gasteiger partial charge on any atom is -0.494 e. The first-order valence-corrected chi connectivity index (χ1v) is 6.48. The normalized spacial score (nSPS) is 10.7. The number of carbonyl (C=O) groups is 1. The van der Waals surface area contributed by atoms with Gasteiger partial charge in [0.2, 0.25) is 0 Å². The zero-order chi connectivity index (χ0) is 13.8. The summed E-state index contributed by atoms with van der Waals surface area (Å²) >= 11 is 5.88. The molecule has 0 unspecified atom stereocenters. The number of alkyl halides is 1. The van der Waals surface area contributed by atoms with Crippen molar-refractivity contribution in [2.45, 2.75) is 19.3 Å². The first kappa shape index (κ1) is 13.7. The van der Waals surface area contributed by atoms with Crippen LogP contribution in [0.4, 0.5) is 0 Å². The fourth-order valence-electron chi connectivity index (χ4n) is 1.95. The molecule has 0 fully saturated rings. The van der Waals surface area contributed by atoms with Gasteiger partial charge in [-0.3, -0.25) is 4.79 Å². The van der Waals surface area contributed by atoms with E-state index in [-0.39, 0.29) is 18.4 Å². The molecule has 0 atom stereocenters. The van der Waals surface area contributed by atoms with Gasteiger partial charge in [-0.15, -0.1) is 11.6 Å². The third kappa shape index (κ3) is 2.66. The van der Waals surface area contributed by atoms with Crippen molar-refractivity contribution in [3.8, 4) is 5.75 Å². The molecule has 0 radical (unpaired) electrons. The van der Waals surface area contributed by atoms with Gasteiger partial charge in [-0.2, -0.15) is 0 Å². The summed E-state index contributed by atoms with van der Waals surface area (Å²) in [5.74, 6) is 1.19. The predicted octanol–water partition coefficient (Wildman–Crippen LogP) is 2.35. The lowest BCUT2D eigenvalue weighted by molar-refractivity contribution is -0.143. The Morgan fingerprint density at radius 2 is 2.26 bits per heavy atom. The van der Waals surface area contributed by atoms with Gasteiger partial charge in [0.15, 0.2) is 0 Å². The number of benzene rings is 1. The Kier molecular flexibility index (Phi) is 4.27. The first-order valence-electron chi connectivity index (χ1n) is 5.95. The SMILES string of the molecule is CCOC(=O)Cn1c(CCl)nc2c(OC)cccc21. The molecule has 0 bridgehead atoms. The number of hydrogen-bond acceptors (Lipinski definition) is 4. The van der Waals surface area contributed by atoms with Gasteiger partial charge in [0.05, 0.1) is 25.1 Å². The van der Waals surface area contributed by atoms with E-state index in [4.69, 9.17) is 21.1 Å². The molecule has 0 spiro atoms. The van der Waals surface area contributed by atoms with E-state index in [2.05, 4.69) is 4.98 Å². The number of imidazole rings is 1. The van der Waals surface area contributed by atoms with Crippen LogP contribution in [0.5, 0.6) is 5.75 Å². The summed E-state index contributed by atoms with van der Waals surface area (Å²) in [5.41, 5.74) is 1.51. The number of para-hydroxylation sites is 1. The molecule has 1 aromatic heterocycles. The number of rotatable bonds is 5. The molecule has 1 aromatic carbocycles. The summed E-state index contributed by atoms with van der Waals surface area (Å²) in [6.07, 6.45) is 0. The molecule has 102 valence electrons. The van der Waals surface area contributed by atoms with Crippen LogP contribution >= 0.6 is 11.6 Å². The molecule has 2 rings (SSSR count). The van der Waals surface area contributed by atoms with Crippen LogP contribution in [0.15, 0.2) is 18.2 Å². The number of methoxy groups -OCH3 is 1. The van der Waals surface area contributed by atoms with Crippen molar-refractivity contribution in [2.75, 3.05) is 13.7 Å². The van der Waals surface area contributed by atoms with E-state index >= 15 is 0 Å². The molecule has 1 heterocycles. The molecular weight excluding hydrogens is 268 g/mol. The molecule has 0 aliphatic rings. The van der Waals surface area contributed by atoms with Gasteiger partial charge in [0.1, 0.15) is 23.6 Å². The zero-order valence-corrected chi connectivity index (χ0v) is 11.6. The predicted molar refractivity (Wildman–Crippen MR) is 72.5 cm³/mol. The van der Waals surface area contributed by atoms with E-state index in [1.807, 2.05) is 18.2 Å². The number of ether oxygens (including phenoxy) is 2. The lowest BCUT2D eigenvalue weighted by Gasteiger charge is -2.07. The van der Waals surface area contributed by atoms with E-state index in [1.165, 1.54) is 0 Å². The molecule has 2 aromatic rings. The van der Waals surface area contributed by atoms with E-state index in [9.17, 15) is 4.79 Å². The summed E-state index contributed by atoms with van der Waals surface area (Å²) < 4.78 is 12.0. The van der Waals surface area contributed by atoms with Gasteiger partial charge >= 0.3 is 5.97 Å². The van der Waals surface area contributed by atoms with E-state index in [0.29, 0.717) is 23.7 Å². The molecule has 0 aliphatic carbocycles. The second-order valence-electron chi connectivity index (χ2n) is 3.88. The van der Waals surface area contributed by atoms with Gasteiger partial charge in [0.25, 0.3) is 0 Å². The zero-order valence-electron chi connectivity index (χ0n) is 10.9. The minimum atomic E-state index is -0.309. The van der Waals surface area contributed by atoms with Crippen molar-refractivity contribution in [1.29, 1.82) is 0 Å². The van der Waals surface area contributed by atoms with Gasteiger partial charge in [-0.25, -0.2) is 4.98 Å². The average molecular weight is 283 g/mol. The second kappa shape index (κ2) is 5.93. The Bertz CT molecular complexity index is 595. The summed E-state index contributed by atoms with van der Waals surface area (Å²) in [7, 11) is 1.58. The Morgan fingerprint density at radius 1 is 1.47 bits per heavy atom. The standard InChI is InChI=1S/C13H15ClN2O3/c1-3-19-12(17)8-16-9-5-4-6-10(18-2)13(9)15-11(16)7-14/h4-6H,3,7-8H2,1-2H3. The number of aromatic nitrogens is 2. The molecular formula is C13H15ClN2O3. The highest BCUT2D eigenvalue weighted by Crippen LogP contribution is 2.26. The summed E-state index contributed by atoms with van der Waals surface area (Å²) in [4.78, 5) is 16.0. The first-order chi connectivity index (χ1) is 9.21. The fourth-order valence-corrected chi connectivity index (χ4v) is 2.15. The molecule has 19 heavy (non-hydrogen) atoms. The van der Waals surface area contributed by atoms with Crippen LogP contribution in [-0.4, -0.2) is 29.2 Å². The number of esters is 1. The third-order valence-electron chi connectivity index (χ3n) is 2.75. The molecule has 0 N–H and O–H groups in total. The topological polar surface area (TPSA) is 53.4 Å². The fraction of sp³-hybridized carbons (Fsp3) is 0.385. The highest BCUT2D eigenvalue weighted by Gasteiger charge is 2.16. The van der Waals surface area contributed by atoms with Crippen LogP contribution < -0.4 is 4.74 Å². The Labute approximate surface area is 116 Å². The van der Waals surface area contributed by atoms with Crippen molar-refractivity contribution in [2.24, 2.45) is 0 Å². The second-order valence-corrected chi connectivity index (χ2v) is 4.15. The number of halogens is 1. The Morgan fingerprint density at radius 3 is 2.89 bits per heavy atom. The van der Waals surface area contributed by atoms with Crippen LogP contribution in [0.1, 0.15) is 12.7 Å². The van der Waals surface area contributed by atoms with Crippen molar-refractivity contribution in [1.82, 2.24) is 9.55 Å². The van der Waals surface area contributed by atoms with Gasteiger partial charge < -0.3 is 14.0 Å². The highest BCUT2D eigenvalue weighted by atomic mass is 35.5. The maximum absolute atomic E-state index is 11.6. The monoisotopic (exact) mass is 282 g/mol. The quantitative estimate of drug-likeness (QED) is 0.624. The largest absolute Gasteiger partial charge is 0.494 e. The van der Waals surface area contributed by atoms with Crippen molar-refractivity contribution >= 4 is 28.6 Å². The number of hydrogen-bond donors (Lipinski definition) is 0. The summed E-state index contributed by atoms with van der Waals surface area (Å²) in [6, 6.07) is 5.55. The summed E-state index contributed by atoms with van der Waals surface area (Å²) in [5, 5.41) is 0. The molecule has 5 nitrogen and oxygen atoms in total. The van der Waals surface area contributed by atoms with E-state index in [1.54, 1.807) is 18.6 Å². The van der Waals surface area contributed by atoms with Gasteiger partial charge in [-0.1, -0.05) is 6.07 Å². The number of nitrogens with zero attached hydrogens (tertiary/aromatic N) is 2. The highest BCUT2D eigenvalue weighted by molar-refractivity contribution is 6.17. The van der Waals surface area contributed by atoms with Crippen molar-refractivity contribution in [3.05, 3.63) is 24.0 Å². The summed E-state index contributed by atoms with van der Waals surface area (Å²) in [6.45, 7) is 2.22. The number of fused-ring (bicyclic) bond motifs is 1. The Balaban J connectivity index is 2.49. The van der Waals surface area contributed by atoms with Crippen molar-refractivity contribution in [3.63, 3.8) is 0 Å². The molecule has 0 saturated heterocycles. The minimum absolute atomic E-state index is 0.0968. The van der Waals surface area contributed by atoms with Gasteiger partial charge in [-0.05, 0) is 19.1 Å². The Hall–Kier alpha value is -1.75. The van der Waals surface area contributed by atoms with Crippen LogP contribution in [0.2, 0.25) is 0 Å². The van der Waals surface area contributed by atoms with Crippen LogP contribution in [0.25, 0.3) is 11.0 Å².